The second-order valence-electron chi connectivity index (χ2n) is 9.13. The summed E-state index contributed by atoms with van der Waals surface area (Å²) in [6, 6.07) is 18.7. The van der Waals surface area contributed by atoms with E-state index in [4.69, 9.17) is 20.8 Å². The maximum absolute atomic E-state index is 13.5. The zero-order valence-electron chi connectivity index (χ0n) is 19.9. The molecule has 2 aliphatic rings. The lowest BCUT2D eigenvalue weighted by atomic mass is 9.86. The number of methoxy groups -OCH3 is 1. The molecule has 8 heteroatoms. The van der Waals surface area contributed by atoms with Crippen molar-refractivity contribution in [3.63, 3.8) is 0 Å². The normalized spacial score (nSPS) is 18.0. The van der Waals surface area contributed by atoms with Gasteiger partial charge >= 0.3 is 6.03 Å². The zero-order chi connectivity index (χ0) is 24.6. The van der Waals surface area contributed by atoms with E-state index in [1.807, 2.05) is 60.7 Å². The lowest BCUT2D eigenvalue weighted by Crippen LogP contribution is -2.55. The number of urea groups is 1. The van der Waals surface area contributed by atoms with Crippen molar-refractivity contribution in [1.82, 2.24) is 14.7 Å². The summed E-state index contributed by atoms with van der Waals surface area (Å²) in [6.07, 6.45) is 1.18. The predicted octanol–water partition coefficient (Wildman–Crippen LogP) is 5.04. The van der Waals surface area contributed by atoms with Gasteiger partial charge in [0.15, 0.2) is 0 Å². The van der Waals surface area contributed by atoms with Crippen LogP contribution in [0, 0.1) is 0 Å². The molecule has 2 saturated heterocycles. The van der Waals surface area contributed by atoms with Crippen LogP contribution >= 0.6 is 11.6 Å². The molecule has 0 saturated carbocycles. The standard InChI is InChI=1S/C27H28ClN3O4/c1-29-26(33)31(17-19-7-9-20(34-2)10-8-19)25(32)27(29)13-15-30(16-14-27)18-21-11-12-24(35-21)22-5-3-4-6-23(22)28/h3-12H,13-18H2,1-2H3. The number of rotatable bonds is 6. The molecule has 2 aromatic carbocycles. The third-order valence-electron chi connectivity index (χ3n) is 7.17. The fourth-order valence-electron chi connectivity index (χ4n) is 5.02. The van der Waals surface area contributed by atoms with Gasteiger partial charge in [-0.1, -0.05) is 35.9 Å². The van der Waals surface area contributed by atoms with E-state index in [1.165, 1.54) is 4.90 Å². The first-order valence-electron chi connectivity index (χ1n) is 11.7. The summed E-state index contributed by atoms with van der Waals surface area (Å²) in [5, 5.41) is 0.653. The third-order valence-corrected chi connectivity index (χ3v) is 7.50. The predicted molar refractivity (Wildman–Crippen MR) is 133 cm³/mol. The van der Waals surface area contributed by atoms with Crippen LogP contribution in [0.15, 0.2) is 65.1 Å². The molecule has 1 spiro atoms. The van der Waals surface area contributed by atoms with Crippen LogP contribution in [0.5, 0.6) is 5.75 Å². The third kappa shape index (κ3) is 4.30. The molecule has 3 aromatic rings. The van der Waals surface area contributed by atoms with E-state index in [9.17, 15) is 9.59 Å². The van der Waals surface area contributed by atoms with Crippen LogP contribution in [0.4, 0.5) is 4.79 Å². The number of likely N-dealkylation sites (tertiary alicyclic amines) is 1. The Balaban J connectivity index is 1.23. The highest BCUT2D eigenvalue weighted by molar-refractivity contribution is 6.33. The Hall–Kier alpha value is -3.29. The number of furan rings is 1. The second-order valence-corrected chi connectivity index (χ2v) is 9.54. The van der Waals surface area contributed by atoms with Crippen LogP contribution < -0.4 is 4.74 Å². The molecule has 0 radical (unpaired) electrons. The Morgan fingerprint density at radius 2 is 1.69 bits per heavy atom. The molecule has 182 valence electrons. The molecule has 0 unspecified atom stereocenters. The molecule has 0 atom stereocenters. The number of ether oxygens (including phenoxy) is 1. The number of piperidine rings is 1. The van der Waals surface area contributed by atoms with Gasteiger partial charge in [0.2, 0.25) is 0 Å². The number of amides is 3. The molecule has 2 fully saturated rings. The van der Waals surface area contributed by atoms with E-state index in [2.05, 4.69) is 4.90 Å². The minimum absolute atomic E-state index is 0.112. The van der Waals surface area contributed by atoms with Crippen LogP contribution in [0.25, 0.3) is 11.3 Å². The van der Waals surface area contributed by atoms with Gasteiger partial charge in [0.05, 0.1) is 25.2 Å². The maximum Gasteiger partial charge on any atom is 0.327 e. The first-order valence-corrected chi connectivity index (χ1v) is 12.1. The van der Waals surface area contributed by atoms with Gasteiger partial charge in [0, 0.05) is 25.7 Å². The highest BCUT2D eigenvalue weighted by Crippen LogP contribution is 2.37. The quantitative estimate of drug-likeness (QED) is 0.450. The van der Waals surface area contributed by atoms with Crippen molar-refractivity contribution < 1.29 is 18.7 Å². The molecular weight excluding hydrogens is 466 g/mol. The van der Waals surface area contributed by atoms with Crippen molar-refractivity contribution in [2.75, 3.05) is 27.2 Å². The molecule has 2 aliphatic heterocycles. The van der Waals surface area contributed by atoms with Crippen LogP contribution in [0.3, 0.4) is 0 Å². The molecule has 3 heterocycles. The van der Waals surface area contributed by atoms with Gasteiger partial charge in [-0.2, -0.15) is 0 Å². The Bertz CT molecular complexity index is 1230. The number of carbonyl (C=O) groups is 2. The number of likely N-dealkylation sites (N-methyl/N-ethyl adjacent to an activating group) is 1. The van der Waals surface area contributed by atoms with Gasteiger partial charge in [-0.15, -0.1) is 0 Å². The fraction of sp³-hybridized carbons (Fsp3) is 0.333. The summed E-state index contributed by atoms with van der Waals surface area (Å²) < 4.78 is 11.3. The molecule has 3 amide bonds. The Kier molecular flexibility index (Phi) is 6.30. The lowest BCUT2D eigenvalue weighted by Gasteiger charge is -2.40. The number of halogens is 1. The highest BCUT2D eigenvalue weighted by atomic mass is 35.5. The monoisotopic (exact) mass is 493 g/mol. The summed E-state index contributed by atoms with van der Waals surface area (Å²) >= 11 is 6.30. The lowest BCUT2D eigenvalue weighted by molar-refractivity contribution is -0.135. The maximum atomic E-state index is 13.5. The Morgan fingerprint density at radius 3 is 2.37 bits per heavy atom. The van der Waals surface area contributed by atoms with E-state index in [0.717, 1.165) is 28.4 Å². The molecular formula is C27H28ClN3O4. The van der Waals surface area contributed by atoms with E-state index in [1.54, 1.807) is 19.1 Å². The van der Waals surface area contributed by atoms with Gasteiger partial charge in [-0.3, -0.25) is 14.6 Å². The number of hydrogen-bond acceptors (Lipinski definition) is 5. The van der Waals surface area contributed by atoms with Crippen molar-refractivity contribution in [3.05, 3.63) is 77.0 Å². The van der Waals surface area contributed by atoms with E-state index in [-0.39, 0.29) is 18.5 Å². The topological polar surface area (TPSA) is 66.2 Å². The summed E-state index contributed by atoms with van der Waals surface area (Å²) in [4.78, 5) is 31.8. The van der Waals surface area contributed by atoms with Gasteiger partial charge in [-0.25, -0.2) is 4.79 Å². The smallest absolute Gasteiger partial charge is 0.327 e. The summed E-state index contributed by atoms with van der Waals surface area (Å²) in [5.41, 5.74) is 0.973. The van der Waals surface area contributed by atoms with Gasteiger partial charge < -0.3 is 14.1 Å². The molecule has 5 rings (SSSR count). The fourth-order valence-corrected chi connectivity index (χ4v) is 5.25. The van der Waals surface area contributed by atoms with Gasteiger partial charge in [0.25, 0.3) is 5.91 Å². The number of hydrogen-bond donors (Lipinski definition) is 0. The van der Waals surface area contributed by atoms with E-state index < -0.39 is 5.54 Å². The zero-order valence-corrected chi connectivity index (χ0v) is 20.6. The molecule has 0 bridgehead atoms. The SMILES string of the molecule is COc1ccc(CN2C(=O)N(C)C3(CCN(Cc4ccc(-c5ccccc5Cl)o4)CC3)C2=O)cc1. The highest BCUT2D eigenvalue weighted by Gasteiger charge is 2.56. The van der Waals surface area contributed by atoms with Crippen molar-refractivity contribution in [2.24, 2.45) is 0 Å². The first-order chi connectivity index (χ1) is 16.9. The summed E-state index contributed by atoms with van der Waals surface area (Å²) in [7, 11) is 3.35. The van der Waals surface area contributed by atoms with Crippen molar-refractivity contribution in [2.45, 2.75) is 31.5 Å². The first kappa shape index (κ1) is 23.5. The largest absolute Gasteiger partial charge is 0.497 e. The van der Waals surface area contributed by atoms with Gasteiger partial charge in [0.1, 0.15) is 22.8 Å². The second kappa shape index (κ2) is 9.40. The van der Waals surface area contributed by atoms with Crippen molar-refractivity contribution in [1.29, 1.82) is 0 Å². The Labute approximate surface area is 209 Å². The minimum atomic E-state index is -0.786. The molecule has 0 aliphatic carbocycles. The number of imide groups is 1. The molecule has 1 aromatic heterocycles. The van der Waals surface area contributed by atoms with Crippen LogP contribution in [-0.4, -0.2) is 59.4 Å². The van der Waals surface area contributed by atoms with Crippen LogP contribution in [-0.2, 0) is 17.9 Å². The number of nitrogens with zero attached hydrogens (tertiary/aromatic N) is 3. The minimum Gasteiger partial charge on any atom is -0.497 e. The summed E-state index contributed by atoms with van der Waals surface area (Å²) in [5.74, 6) is 2.22. The van der Waals surface area contributed by atoms with E-state index in [0.29, 0.717) is 37.5 Å². The number of benzene rings is 2. The number of carbonyl (C=O) groups excluding carboxylic acids is 2. The van der Waals surface area contributed by atoms with Crippen molar-refractivity contribution >= 4 is 23.5 Å². The van der Waals surface area contributed by atoms with Crippen LogP contribution in [0.2, 0.25) is 5.02 Å². The van der Waals surface area contributed by atoms with Crippen molar-refractivity contribution in [3.8, 4) is 17.1 Å². The van der Waals surface area contributed by atoms with E-state index >= 15 is 0 Å². The van der Waals surface area contributed by atoms with Gasteiger partial charge in [-0.05, 0) is 54.8 Å². The molecule has 35 heavy (non-hydrogen) atoms. The summed E-state index contributed by atoms with van der Waals surface area (Å²) in [6.45, 7) is 2.29. The Morgan fingerprint density at radius 1 is 0.971 bits per heavy atom. The average Bonchev–Trinajstić information content (AvgIpc) is 3.40. The average molecular weight is 494 g/mol. The molecule has 0 N–H and O–H groups in total. The van der Waals surface area contributed by atoms with Crippen LogP contribution in [0.1, 0.15) is 24.2 Å². The molecule has 7 nitrogen and oxygen atoms in total.